The van der Waals surface area contributed by atoms with Crippen molar-refractivity contribution in [2.24, 2.45) is 0 Å². The van der Waals surface area contributed by atoms with Crippen molar-refractivity contribution in [3.63, 3.8) is 0 Å². The summed E-state index contributed by atoms with van der Waals surface area (Å²) >= 11 is 5.88. The summed E-state index contributed by atoms with van der Waals surface area (Å²) in [6.07, 6.45) is -1.20. The Morgan fingerprint density at radius 2 is 1.72 bits per heavy atom. The van der Waals surface area contributed by atoms with Gasteiger partial charge in [-0.15, -0.1) is 0 Å². The van der Waals surface area contributed by atoms with E-state index >= 15 is 0 Å². The monoisotopic (exact) mass is 465 g/mol. The summed E-state index contributed by atoms with van der Waals surface area (Å²) in [4.78, 5) is 25.3. The van der Waals surface area contributed by atoms with Crippen molar-refractivity contribution in [2.45, 2.75) is 33.5 Å². The molecule has 1 aromatic heterocycles. The molecule has 0 radical (unpaired) electrons. The molecule has 1 unspecified atom stereocenters. The van der Waals surface area contributed by atoms with Gasteiger partial charge in [-0.2, -0.15) is 8.78 Å². The van der Waals surface area contributed by atoms with Crippen molar-refractivity contribution in [2.75, 3.05) is 0 Å². The van der Waals surface area contributed by atoms with Crippen LogP contribution >= 0.6 is 11.6 Å². The fourth-order valence-corrected chi connectivity index (χ4v) is 3.61. The van der Waals surface area contributed by atoms with Crippen molar-refractivity contribution < 1.29 is 32.2 Å². The van der Waals surface area contributed by atoms with Crippen molar-refractivity contribution in [1.29, 1.82) is 0 Å². The summed E-state index contributed by atoms with van der Waals surface area (Å²) in [6.45, 7) is 1.93. The normalized spacial score (nSPS) is 12.0. The van der Waals surface area contributed by atoms with E-state index in [-0.39, 0.29) is 10.8 Å². The number of halogens is 4. The summed E-state index contributed by atoms with van der Waals surface area (Å²) in [6, 6.07) is 11.3. The number of carbonyl (C=O) groups is 2. The number of carbonyl (C=O) groups excluding carboxylic acids is 2. The Labute approximate surface area is 187 Å². The number of rotatable bonds is 7. The van der Waals surface area contributed by atoms with Crippen LogP contribution in [-0.2, 0) is 4.74 Å². The molecule has 3 rings (SSSR count). The molecular formula is C23H19ClF3NO4. The Balaban J connectivity index is 1.83. The van der Waals surface area contributed by atoms with E-state index in [1.54, 1.807) is 36.6 Å². The highest BCUT2D eigenvalue weighted by atomic mass is 35.5. The minimum atomic E-state index is -2.93. The lowest BCUT2D eigenvalue weighted by atomic mass is 10.1. The van der Waals surface area contributed by atoms with Gasteiger partial charge in [0.05, 0.1) is 5.02 Å². The zero-order valence-corrected chi connectivity index (χ0v) is 18.1. The Morgan fingerprint density at radius 1 is 1.06 bits per heavy atom. The van der Waals surface area contributed by atoms with E-state index in [9.17, 15) is 22.8 Å². The zero-order chi connectivity index (χ0) is 23.6. The lowest BCUT2D eigenvalue weighted by Gasteiger charge is -2.14. The maximum Gasteiger partial charge on any atom is 0.387 e. The molecule has 0 N–H and O–H groups in total. The van der Waals surface area contributed by atoms with E-state index < -0.39 is 35.8 Å². The largest absolute Gasteiger partial charge is 0.451 e. The molecule has 3 aromatic rings. The maximum absolute atomic E-state index is 14.0. The Morgan fingerprint density at radius 3 is 2.31 bits per heavy atom. The molecule has 2 aromatic carbocycles. The van der Waals surface area contributed by atoms with Gasteiger partial charge in [0, 0.05) is 22.6 Å². The van der Waals surface area contributed by atoms with Crippen molar-refractivity contribution in [3.8, 4) is 11.4 Å². The second-order valence-corrected chi connectivity index (χ2v) is 7.41. The highest BCUT2D eigenvalue weighted by molar-refractivity contribution is 6.33. The molecule has 0 saturated carbocycles. The molecule has 1 atom stereocenters. The van der Waals surface area contributed by atoms with Crippen LogP contribution in [0.4, 0.5) is 13.2 Å². The van der Waals surface area contributed by atoms with Gasteiger partial charge >= 0.3 is 12.6 Å². The molecule has 1 heterocycles. The third-order valence-corrected chi connectivity index (χ3v) is 5.15. The highest BCUT2D eigenvalue weighted by Gasteiger charge is 2.27. The van der Waals surface area contributed by atoms with Crippen LogP contribution < -0.4 is 4.74 Å². The van der Waals surface area contributed by atoms with Crippen LogP contribution in [0.5, 0.6) is 5.75 Å². The zero-order valence-electron chi connectivity index (χ0n) is 17.4. The number of esters is 1. The summed E-state index contributed by atoms with van der Waals surface area (Å²) in [7, 11) is 0. The van der Waals surface area contributed by atoms with Crippen LogP contribution in [-0.4, -0.2) is 29.0 Å². The maximum atomic E-state index is 14.0. The third kappa shape index (κ3) is 4.80. The van der Waals surface area contributed by atoms with E-state index in [1.807, 2.05) is 0 Å². The number of hydrogen-bond donors (Lipinski definition) is 0. The molecule has 0 aliphatic carbocycles. The standard InChI is InChI=1S/C23H19ClF3NO4/c1-12-11-17(13(2)28(12)15-7-9-16(10-8-15)32-23(26)27)21(29)14(3)31-22(30)20-18(24)5-4-6-19(20)25/h4-11,14,23H,1-3H3. The summed E-state index contributed by atoms with van der Waals surface area (Å²) in [5.41, 5.74) is 1.75. The average Bonchev–Trinajstić information content (AvgIpc) is 3.01. The van der Waals surface area contributed by atoms with Gasteiger partial charge < -0.3 is 14.0 Å². The van der Waals surface area contributed by atoms with E-state index in [2.05, 4.69) is 4.74 Å². The quantitative estimate of drug-likeness (QED) is 0.321. The molecule has 32 heavy (non-hydrogen) atoms. The lowest BCUT2D eigenvalue weighted by Crippen LogP contribution is -2.25. The SMILES string of the molecule is Cc1cc(C(=O)C(C)OC(=O)c2c(F)cccc2Cl)c(C)n1-c1ccc(OC(F)F)cc1. The molecule has 0 aliphatic heterocycles. The Hall–Kier alpha value is -3.26. The summed E-state index contributed by atoms with van der Waals surface area (Å²) < 4.78 is 49.9. The van der Waals surface area contributed by atoms with Gasteiger partial charge in [0.15, 0.2) is 6.10 Å². The molecule has 9 heteroatoms. The van der Waals surface area contributed by atoms with E-state index in [4.69, 9.17) is 16.3 Å². The molecule has 5 nitrogen and oxygen atoms in total. The summed E-state index contributed by atoms with van der Waals surface area (Å²) in [5.74, 6) is -2.37. The minimum absolute atomic E-state index is 0.00912. The first-order valence-electron chi connectivity index (χ1n) is 9.53. The number of aromatic nitrogens is 1. The third-order valence-electron chi connectivity index (χ3n) is 4.84. The van der Waals surface area contributed by atoms with Gasteiger partial charge in [-0.05, 0) is 63.2 Å². The Bertz CT molecular complexity index is 1140. The second-order valence-electron chi connectivity index (χ2n) is 7.00. The fourth-order valence-electron chi connectivity index (χ4n) is 3.37. The van der Waals surface area contributed by atoms with Crippen LogP contribution in [0, 0.1) is 19.7 Å². The predicted molar refractivity (Wildman–Crippen MR) is 112 cm³/mol. The van der Waals surface area contributed by atoms with Gasteiger partial charge in [0.1, 0.15) is 17.1 Å². The molecule has 0 aliphatic rings. The molecule has 0 bridgehead atoms. The van der Waals surface area contributed by atoms with Crippen molar-refractivity contribution in [3.05, 3.63) is 81.9 Å². The number of hydrogen-bond acceptors (Lipinski definition) is 4. The number of ether oxygens (including phenoxy) is 2. The minimum Gasteiger partial charge on any atom is -0.451 e. The van der Waals surface area contributed by atoms with Crippen molar-refractivity contribution >= 4 is 23.4 Å². The average molecular weight is 466 g/mol. The number of alkyl halides is 2. The van der Waals surface area contributed by atoms with E-state index in [0.717, 1.165) is 6.07 Å². The lowest BCUT2D eigenvalue weighted by molar-refractivity contribution is -0.0498. The van der Waals surface area contributed by atoms with Crippen LogP contribution in [0.25, 0.3) is 5.69 Å². The number of Topliss-reactive ketones (excluding diaryl/α,β-unsaturated/α-hetero) is 1. The summed E-state index contributed by atoms with van der Waals surface area (Å²) in [5, 5.41) is -0.118. The van der Waals surface area contributed by atoms with Crippen LogP contribution in [0.15, 0.2) is 48.5 Å². The first kappa shape index (κ1) is 23.4. The van der Waals surface area contributed by atoms with Gasteiger partial charge in [-0.1, -0.05) is 17.7 Å². The molecule has 0 spiro atoms. The van der Waals surface area contributed by atoms with Crippen LogP contribution in [0.1, 0.15) is 39.0 Å². The van der Waals surface area contributed by atoms with Crippen LogP contribution in [0.3, 0.4) is 0 Å². The second kappa shape index (κ2) is 9.48. The topological polar surface area (TPSA) is 57.5 Å². The van der Waals surface area contributed by atoms with Gasteiger partial charge in [0.2, 0.25) is 5.78 Å². The Kier molecular flexibility index (Phi) is 6.93. The molecule has 0 amide bonds. The molecule has 0 fully saturated rings. The smallest absolute Gasteiger partial charge is 0.387 e. The first-order valence-corrected chi connectivity index (χ1v) is 9.91. The van der Waals surface area contributed by atoms with E-state index in [1.165, 1.54) is 31.2 Å². The highest BCUT2D eigenvalue weighted by Crippen LogP contribution is 2.26. The van der Waals surface area contributed by atoms with E-state index in [0.29, 0.717) is 22.6 Å². The van der Waals surface area contributed by atoms with Crippen LogP contribution in [0.2, 0.25) is 5.02 Å². The first-order chi connectivity index (χ1) is 15.1. The molecular weight excluding hydrogens is 447 g/mol. The number of ketones is 1. The number of aryl methyl sites for hydroxylation is 1. The van der Waals surface area contributed by atoms with Gasteiger partial charge in [-0.3, -0.25) is 4.79 Å². The number of nitrogens with zero attached hydrogens (tertiary/aromatic N) is 1. The van der Waals surface area contributed by atoms with Gasteiger partial charge in [-0.25, -0.2) is 9.18 Å². The fraction of sp³-hybridized carbons (Fsp3) is 0.217. The van der Waals surface area contributed by atoms with Gasteiger partial charge in [0.25, 0.3) is 0 Å². The molecule has 168 valence electrons. The number of benzene rings is 2. The molecule has 0 saturated heterocycles. The predicted octanol–water partition coefficient (Wildman–Crippen LogP) is 5.92. The van der Waals surface area contributed by atoms with Crippen molar-refractivity contribution in [1.82, 2.24) is 4.57 Å².